The summed E-state index contributed by atoms with van der Waals surface area (Å²) in [5.74, 6) is 2.13. The predicted octanol–water partition coefficient (Wildman–Crippen LogP) is 2.92. The molecule has 5 atom stereocenters. The summed E-state index contributed by atoms with van der Waals surface area (Å²) in [5.41, 5.74) is 0.423. The van der Waals surface area contributed by atoms with Gasteiger partial charge in [-0.3, -0.25) is 0 Å². The highest BCUT2D eigenvalue weighted by atomic mass is 16.5. The van der Waals surface area contributed by atoms with Gasteiger partial charge in [-0.25, -0.2) is 0 Å². The largest absolute Gasteiger partial charge is 0.385 e. The fourth-order valence-electron chi connectivity index (χ4n) is 5.04. The van der Waals surface area contributed by atoms with Gasteiger partial charge in [-0.2, -0.15) is 0 Å². The molecule has 3 heteroatoms. The molecule has 21 heavy (non-hydrogen) atoms. The van der Waals surface area contributed by atoms with Gasteiger partial charge in [0.25, 0.3) is 0 Å². The molecule has 0 aliphatic heterocycles. The zero-order valence-corrected chi connectivity index (χ0v) is 14.9. The number of hydrogen-bond donors (Lipinski definition) is 1. The van der Waals surface area contributed by atoms with Crippen molar-refractivity contribution in [2.24, 2.45) is 23.2 Å². The first-order valence-corrected chi connectivity index (χ1v) is 8.88. The molecule has 2 fully saturated rings. The smallest absolute Gasteiger partial charge is 0.126 e. The maximum atomic E-state index is 10.4. The molecular formula is C18H36NO2+. The summed E-state index contributed by atoms with van der Waals surface area (Å²) in [4.78, 5) is 0. The van der Waals surface area contributed by atoms with Gasteiger partial charge in [0.15, 0.2) is 0 Å². The average Bonchev–Trinajstić information content (AvgIpc) is 2.83. The molecule has 0 aromatic rings. The van der Waals surface area contributed by atoms with Gasteiger partial charge < -0.3 is 14.3 Å². The first-order valence-electron chi connectivity index (χ1n) is 8.88. The summed E-state index contributed by atoms with van der Waals surface area (Å²) in [7, 11) is 2.21. The maximum Gasteiger partial charge on any atom is 0.126 e. The molecule has 2 aliphatic carbocycles. The summed E-state index contributed by atoms with van der Waals surface area (Å²) in [6.07, 6.45) is 2.68. The molecule has 2 bridgehead atoms. The lowest BCUT2D eigenvalue weighted by Gasteiger charge is -2.35. The van der Waals surface area contributed by atoms with Crippen molar-refractivity contribution in [3.8, 4) is 0 Å². The summed E-state index contributed by atoms with van der Waals surface area (Å²) in [6.45, 7) is 15.0. The van der Waals surface area contributed by atoms with E-state index >= 15 is 0 Å². The molecule has 1 N–H and O–H groups in total. The Bertz CT molecular complexity index is 351. The highest BCUT2D eigenvalue weighted by molar-refractivity contribution is 5.06. The normalized spacial score (nSPS) is 36.1. The average molecular weight is 298 g/mol. The maximum absolute atomic E-state index is 10.4. The van der Waals surface area contributed by atoms with E-state index in [1.54, 1.807) is 0 Å². The third-order valence-electron chi connectivity index (χ3n) is 6.91. The fourth-order valence-corrected chi connectivity index (χ4v) is 5.04. The first kappa shape index (κ1) is 17.2. The lowest BCUT2D eigenvalue weighted by molar-refractivity contribution is -0.909. The summed E-state index contributed by atoms with van der Waals surface area (Å²) < 4.78 is 7.14. The van der Waals surface area contributed by atoms with Gasteiger partial charge in [-0.1, -0.05) is 20.8 Å². The van der Waals surface area contributed by atoms with E-state index in [1.807, 2.05) is 0 Å². The van der Waals surface area contributed by atoms with Crippen molar-refractivity contribution < 1.29 is 14.3 Å². The van der Waals surface area contributed by atoms with E-state index in [4.69, 9.17) is 4.74 Å². The number of quaternary nitrogens is 1. The van der Waals surface area contributed by atoms with Gasteiger partial charge in [0.05, 0.1) is 32.8 Å². The number of ether oxygens (including phenoxy) is 1. The van der Waals surface area contributed by atoms with Gasteiger partial charge in [0.1, 0.15) is 12.6 Å². The lowest BCUT2D eigenvalue weighted by atomic mass is 9.80. The lowest BCUT2D eigenvalue weighted by Crippen LogP contribution is -2.50. The van der Waals surface area contributed by atoms with Crippen LogP contribution in [-0.4, -0.2) is 55.1 Å². The van der Waals surface area contributed by atoms with Crippen LogP contribution >= 0.6 is 0 Å². The van der Waals surface area contributed by atoms with Crippen molar-refractivity contribution in [3.63, 3.8) is 0 Å². The van der Waals surface area contributed by atoms with Gasteiger partial charge in [0, 0.05) is 0 Å². The van der Waals surface area contributed by atoms with Crippen LogP contribution in [0.15, 0.2) is 0 Å². The van der Waals surface area contributed by atoms with Crippen molar-refractivity contribution in [1.29, 1.82) is 0 Å². The Labute approximate surface area is 131 Å². The minimum absolute atomic E-state index is 0.343. The van der Waals surface area contributed by atoms with Crippen LogP contribution in [0.2, 0.25) is 0 Å². The molecule has 0 amide bonds. The van der Waals surface area contributed by atoms with E-state index in [1.165, 1.54) is 12.8 Å². The highest BCUT2D eigenvalue weighted by Gasteiger charge is 2.57. The van der Waals surface area contributed by atoms with E-state index in [-0.39, 0.29) is 6.10 Å². The number of aliphatic hydroxyl groups is 1. The van der Waals surface area contributed by atoms with Crippen LogP contribution in [0.3, 0.4) is 0 Å². The van der Waals surface area contributed by atoms with E-state index in [0.717, 1.165) is 30.0 Å². The van der Waals surface area contributed by atoms with Crippen LogP contribution in [-0.2, 0) is 4.74 Å². The number of hydrogen-bond acceptors (Lipinski definition) is 2. The fraction of sp³-hybridized carbons (Fsp3) is 1.00. The third kappa shape index (κ3) is 3.16. The molecule has 3 nitrogen and oxygen atoms in total. The van der Waals surface area contributed by atoms with Gasteiger partial charge in [0.2, 0.25) is 0 Å². The van der Waals surface area contributed by atoms with E-state index in [9.17, 15) is 5.11 Å². The van der Waals surface area contributed by atoms with Gasteiger partial charge >= 0.3 is 0 Å². The van der Waals surface area contributed by atoms with E-state index in [2.05, 4.69) is 41.7 Å². The standard InChI is InChI=1S/C18H36NO2/c1-7-19(6,8-2)11-14(20)12-21-17-13(3)15-9-10-16(17)18(15,4)5/h13-17,20H,7-12H2,1-6H3/q+1/t13-,14+,15-,16-,17+/m0/s1. The Morgan fingerprint density at radius 3 is 2.24 bits per heavy atom. The number of likely N-dealkylation sites (N-methyl/N-ethyl adjacent to an activating group) is 1. The van der Waals surface area contributed by atoms with E-state index in [0.29, 0.717) is 30.0 Å². The topological polar surface area (TPSA) is 29.5 Å². The third-order valence-corrected chi connectivity index (χ3v) is 6.91. The molecule has 0 spiro atoms. The number of rotatable bonds is 7. The van der Waals surface area contributed by atoms with Crippen molar-refractivity contribution in [1.82, 2.24) is 0 Å². The summed E-state index contributed by atoms with van der Waals surface area (Å²) in [5, 5.41) is 10.4. The van der Waals surface area contributed by atoms with Gasteiger partial charge in [-0.15, -0.1) is 0 Å². The highest BCUT2D eigenvalue weighted by Crippen LogP contribution is 2.60. The number of fused-ring (bicyclic) bond motifs is 2. The molecule has 0 aromatic heterocycles. The predicted molar refractivity (Wildman–Crippen MR) is 87.0 cm³/mol. The molecule has 2 rings (SSSR count). The number of nitrogens with zero attached hydrogens (tertiary/aromatic N) is 1. The molecule has 2 saturated carbocycles. The zero-order chi connectivity index (χ0) is 15.8. The molecule has 2 aliphatic rings. The second-order valence-corrected chi connectivity index (χ2v) is 8.36. The zero-order valence-electron chi connectivity index (χ0n) is 14.9. The van der Waals surface area contributed by atoms with Crippen LogP contribution < -0.4 is 0 Å². The Hall–Kier alpha value is -0.120. The number of aliphatic hydroxyl groups excluding tert-OH is 1. The Morgan fingerprint density at radius 2 is 1.76 bits per heavy atom. The minimum atomic E-state index is -0.343. The quantitative estimate of drug-likeness (QED) is 0.732. The molecule has 0 heterocycles. The monoisotopic (exact) mass is 298 g/mol. The van der Waals surface area contributed by atoms with Crippen molar-refractivity contribution in [2.45, 2.75) is 59.7 Å². The van der Waals surface area contributed by atoms with Crippen molar-refractivity contribution in [2.75, 3.05) is 33.3 Å². The van der Waals surface area contributed by atoms with Crippen LogP contribution in [0.5, 0.6) is 0 Å². The van der Waals surface area contributed by atoms with Crippen LogP contribution in [0.25, 0.3) is 0 Å². The summed E-state index contributed by atoms with van der Waals surface area (Å²) >= 11 is 0. The van der Waals surface area contributed by atoms with Gasteiger partial charge in [-0.05, 0) is 49.9 Å². The first-order chi connectivity index (χ1) is 9.75. The molecule has 0 unspecified atom stereocenters. The molecule has 0 saturated heterocycles. The second-order valence-electron chi connectivity index (χ2n) is 8.36. The minimum Gasteiger partial charge on any atom is -0.385 e. The Morgan fingerprint density at radius 1 is 1.19 bits per heavy atom. The van der Waals surface area contributed by atoms with Crippen LogP contribution in [0.1, 0.15) is 47.5 Å². The second kappa shape index (κ2) is 6.17. The molecule has 124 valence electrons. The SMILES string of the molecule is CC[N+](C)(CC)C[C@@H](O)CO[C@@H]1[C@@H](C)[C@@H]2CC[C@@H]1C2(C)C. The molecule has 0 aromatic carbocycles. The van der Waals surface area contributed by atoms with Crippen molar-refractivity contribution in [3.05, 3.63) is 0 Å². The van der Waals surface area contributed by atoms with Crippen molar-refractivity contribution >= 4 is 0 Å². The van der Waals surface area contributed by atoms with Crippen LogP contribution in [0.4, 0.5) is 0 Å². The Balaban J connectivity index is 1.87. The molecular weight excluding hydrogens is 262 g/mol. The Kier molecular flexibility index (Phi) is 5.07. The van der Waals surface area contributed by atoms with E-state index < -0.39 is 0 Å². The summed E-state index contributed by atoms with van der Waals surface area (Å²) in [6, 6.07) is 0. The van der Waals surface area contributed by atoms with Crippen LogP contribution in [0, 0.1) is 23.2 Å². The molecule has 0 radical (unpaired) electrons.